The third kappa shape index (κ3) is 5.71. The van der Waals surface area contributed by atoms with Gasteiger partial charge < -0.3 is 0 Å². The molecule has 0 radical (unpaired) electrons. The zero-order valence-electron chi connectivity index (χ0n) is 10.7. The molecule has 0 aromatic heterocycles. The van der Waals surface area contributed by atoms with E-state index in [0.29, 0.717) is 0 Å². The molecule has 0 heterocycles. The molecule has 0 atom stereocenters. The van der Waals surface area contributed by atoms with Gasteiger partial charge in [0.25, 0.3) is 0 Å². The van der Waals surface area contributed by atoms with Gasteiger partial charge >= 0.3 is 0 Å². The summed E-state index contributed by atoms with van der Waals surface area (Å²) in [6.45, 7) is 11.9. The molecule has 2 nitrogen and oxygen atoms in total. The predicted molar refractivity (Wildman–Crippen MR) is 77.4 cm³/mol. The van der Waals surface area contributed by atoms with Crippen LogP contribution in [0.15, 0.2) is 44.5 Å². The number of hydrogen-bond donors (Lipinski definition) is 0. The van der Waals surface area contributed by atoms with Gasteiger partial charge in [0.05, 0.1) is 0 Å². The van der Waals surface area contributed by atoms with E-state index in [2.05, 4.69) is 16.0 Å². The van der Waals surface area contributed by atoms with Crippen molar-refractivity contribution in [3.05, 3.63) is 35.1 Å². The summed E-state index contributed by atoms with van der Waals surface area (Å²) in [6, 6.07) is 0. The van der Waals surface area contributed by atoms with Gasteiger partial charge in [-0.2, -0.15) is 0 Å². The predicted octanol–water partition coefficient (Wildman–Crippen LogP) is 4.22. The van der Waals surface area contributed by atoms with Crippen LogP contribution in [0.4, 0.5) is 0 Å². The Bertz CT molecular complexity index is 360. The third-order valence-electron chi connectivity index (χ3n) is 2.05. The second kappa shape index (κ2) is 8.11. The van der Waals surface area contributed by atoms with Crippen molar-refractivity contribution < 1.29 is 0 Å². The van der Waals surface area contributed by atoms with Gasteiger partial charge in [0, 0.05) is 30.0 Å². The highest BCUT2D eigenvalue weighted by Crippen LogP contribution is 2.13. The minimum Gasteiger partial charge on any atom is -0.261 e. The maximum absolute atomic E-state index is 4.39. The highest BCUT2D eigenvalue weighted by Gasteiger charge is 1.99. The average molecular weight is 236 g/mol. The first-order chi connectivity index (χ1) is 7.52. The van der Waals surface area contributed by atoms with Gasteiger partial charge in [0.15, 0.2) is 0 Å². The Morgan fingerprint density at radius 1 is 1.19 bits per heavy atom. The van der Waals surface area contributed by atoms with Gasteiger partial charge in [0.2, 0.25) is 0 Å². The normalized spacial score (nSPS) is 14.7. The van der Waals surface area contributed by atoms with Crippen molar-refractivity contribution in [3.8, 4) is 0 Å². The molecule has 0 aliphatic heterocycles. The molecule has 0 saturated carbocycles. The van der Waals surface area contributed by atoms with Crippen LogP contribution in [0, 0.1) is 0 Å². The standard InChI is InChI=1S/C13H20N2S/c1-7-11(4)8-14-12(5)13(10(2)3)9-15-16-6/h7-9H,2H2,1,3-6H3/b11-7-,13-12-,14-8-,15-9-. The molecule has 0 fully saturated rings. The summed E-state index contributed by atoms with van der Waals surface area (Å²) >= 11 is 1.42. The number of hydrogen-bond acceptors (Lipinski definition) is 3. The Balaban J connectivity index is 5.05. The van der Waals surface area contributed by atoms with Crippen molar-refractivity contribution in [1.82, 2.24) is 0 Å². The molecule has 0 rings (SSSR count). The molecule has 0 unspecified atom stereocenters. The van der Waals surface area contributed by atoms with E-state index in [1.165, 1.54) is 11.9 Å². The quantitative estimate of drug-likeness (QED) is 0.398. The summed E-state index contributed by atoms with van der Waals surface area (Å²) in [5.41, 5.74) is 4.05. The number of aliphatic imine (C=N–C) groups is 1. The molecule has 0 amide bonds. The van der Waals surface area contributed by atoms with Gasteiger partial charge in [-0.3, -0.25) is 4.99 Å². The lowest BCUT2D eigenvalue weighted by atomic mass is 10.1. The SMILES string of the molecule is C=C(C)C(/C=N\SC)=C(C)\N=C/C(C)=C\C. The first-order valence-corrected chi connectivity index (χ1v) is 6.31. The van der Waals surface area contributed by atoms with Gasteiger partial charge in [0.1, 0.15) is 0 Å². The molecule has 0 aromatic rings. The van der Waals surface area contributed by atoms with Crippen molar-refractivity contribution in [1.29, 1.82) is 0 Å². The van der Waals surface area contributed by atoms with Gasteiger partial charge in [-0.25, -0.2) is 4.40 Å². The largest absolute Gasteiger partial charge is 0.261 e. The first kappa shape index (κ1) is 14.9. The molecule has 3 heteroatoms. The lowest BCUT2D eigenvalue weighted by molar-refractivity contribution is 1.26. The number of rotatable bonds is 5. The van der Waals surface area contributed by atoms with Crippen molar-refractivity contribution in [2.75, 3.05) is 6.26 Å². The fourth-order valence-corrected chi connectivity index (χ4v) is 1.17. The van der Waals surface area contributed by atoms with Crippen LogP contribution in [0.3, 0.4) is 0 Å². The van der Waals surface area contributed by atoms with Gasteiger partial charge in [-0.05, 0) is 50.8 Å². The monoisotopic (exact) mass is 236 g/mol. The van der Waals surface area contributed by atoms with Gasteiger partial charge in [-0.1, -0.05) is 12.7 Å². The summed E-state index contributed by atoms with van der Waals surface area (Å²) < 4.78 is 4.15. The van der Waals surface area contributed by atoms with Crippen LogP contribution in [-0.4, -0.2) is 18.7 Å². The van der Waals surface area contributed by atoms with Gasteiger partial charge in [-0.15, -0.1) is 0 Å². The lowest BCUT2D eigenvalue weighted by Gasteiger charge is -2.02. The fourth-order valence-electron chi connectivity index (χ4n) is 0.961. The zero-order valence-corrected chi connectivity index (χ0v) is 11.6. The Labute approximate surface area is 103 Å². The van der Waals surface area contributed by atoms with Crippen LogP contribution in [0.2, 0.25) is 0 Å². The van der Waals surface area contributed by atoms with E-state index in [4.69, 9.17) is 0 Å². The topological polar surface area (TPSA) is 24.7 Å². The molecule has 0 aromatic carbocycles. The molecule has 0 bridgehead atoms. The highest BCUT2D eigenvalue weighted by atomic mass is 32.2. The summed E-state index contributed by atoms with van der Waals surface area (Å²) in [5, 5.41) is 0. The molecule has 0 N–H and O–H groups in total. The Morgan fingerprint density at radius 2 is 1.81 bits per heavy atom. The summed E-state index contributed by atoms with van der Waals surface area (Å²) in [7, 11) is 0. The van der Waals surface area contributed by atoms with E-state index < -0.39 is 0 Å². The maximum Gasteiger partial charge on any atom is 0.0463 e. The zero-order chi connectivity index (χ0) is 12.6. The minimum atomic E-state index is 0.937. The molecule has 16 heavy (non-hydrogen) atoms. The van der Waals surface area contributed by atoms with Crippen LogP contribution < -0.4 is 0 Å². The first-order valence-electron chi connectivity index (χ1n) is 5.13. The summed E-state index contributed by atoms with van der Waals surface area (Å²) in [5.74, 6) is 0. The molecule has 0 saturated heterocycles. The Kier molecular flexibility index (Phi) is 7.56. The van der Waals surface area contributed by atoms with E-state index in [-0.39, 0.29) is 0 Å². The van der Waals surface area contributed by atoms with E-state index in [0.717, 1.165) is 22.4 Å². The van der Waals surface area contributed by atoms with Crippen LogP contribution in [0.25, 0.3) is 0 Å². The van der Waals surface area contributed by atoms with Crippen LogP contribution in [0.5, 0.6) is 0 Å². The second-order valence-corrected chi connectivity index (χ2v) is 4.06. The van der Waals surface area contributed by atoms with Crippen LogP contribution in [-0.2, 0) is 0 Å². The molecule has 88 valence electrons. The molecular formula is C13H20N2S. The molecule has 0 spiro atoms. The van der Waals surface area contributed by atoms with Crippen molar-refractivity contribution >= 4 is 24.4 Å². The average Bonchev–Trinajstić information content (AvgIpc) is 2.25. The molecular weight excluding hydrogens is 216 g/mol. The lowest BCUT2D eigenvalue weighted by Crippen LogP contribution is -1.91. The van der Waals surface area contributed by atoms with E-state index in [9.17, 15) is 0 Å². The second-order valence-electron chi connectivity index (χ2n) is 3.49. The van der Waals surface area contributed by atoms with Crippen LogP contribution in [0.1, 0.15) is 27.7 Å². The maximum atomic E-state index is 4.39. The van der Waals surface area contributed by atoms with E-state index >= 15 is 0 Å². The van der Waals surface area contributed by atoms with E-state index in [1.54, 1.807) is 0 Å². The highest BCUT2D eigenvalue weighted by molar-refractivity contribution is 7.97. The van der Waals surface area contributed by atoms with Crippen LogP contribution >= 0.6 is 11.9 Å². The molecule has 0 aliphatic rings. The van der Waals surface area contributed by atoms with E-state index in [1.807, 2.05) is 52.5 Å². The molecule has 0 aliphatic carbocycles. The smallest absolute Gasteiger partial charge is 0.0463 e. The Morgan fingerprint density at radius 3 is 2.25 bits per heavy atom. The third-order valence-corrected chi connectivity index (χ3v) is 2.37. The Hall–Kier alpha value is -1.09. The number of nitrogens with zero attached hydrogens (tertiary/aromatic N) is 2. The fraction of sp³-hybridized carbons (Fsp3) is 0.385. The minimum absolute atomic E-state index is 0.937. The van der Waals surface area contributed by atoms with Crippen molar-refractivity contribution in [2.45, 2.75) is 27.7 Å². The summed E-state index contributed by atoms with van der Waals surface area (Å²) in [4.78, 5) is 4.39. The summed E-state index contributed by atoms with van der Waals surface area (Å²) in [6.07, 6.45) is 7.61. The van der Waals surface area contributed by atoms with Crippen molar-refractivity contribution in [2.24, 2.45) is 9.39 Å². The number of allylic oxidation sites excluding steroid dienone is 5. The van der Waals surface area contributed by atoms with Crippen molar-refractivity contribution in [3.63, 3.8) is 0 Å².